The van der Waals surface area contributed by atoms with E-state index in [0.29, 0.717) is 24.4 Å². The van der Waals surface area contributed by atoms with Crippen LogP contribution >= 0.6 is 11.8 Å². The Labute approximate surface area is 180 Å². The normalized spacial score (nSPS) is 11.1. The molecular weight excluding hydrogens is 400 g/mol. The number of methoxy groups -OCH3 is 1. The zero-order chi connectivity index (χ0) is 21.5. The molecule has 0 aliphatic rings. The van der Waals surface area contributed by atoms with E-state index < -0.39 is 0 Å². The first-order valence-corrected chi connectivity index (χ1v) is 11.1. The number of benzene rings is 1. The molecule has 2 N–H and O–H groups in total. The minimum atomic E-state index is -0.152. The zero-order valence-electron chi connectivity index (χ0n) is 17.8. The van der Waals surface area contributed by atoms with Gasteiger partial charge in [0.25, 0.3) is 5.91 Å². The van der Waals surface area contributed by atoms with Gasteiger partial charge in [0.1, 0.15) is 11.6 Å². The SMILES string of the molecule is CCCSc1nc(NC(C)C)c2cnn(CCNC(=O)c3cccc(OC)c3)c2n1. The Morgan fingerprint density at radius 2 is 2.13 bits per heavy atom. The number of rotatable bonds is 10. The average molecular weight is 429 g/mol. The second kappa shape index (κ2) is 10.3. The molecule has 1 aromatic carbocycles. The third-order valence-electron chi connectivity index (χ3n) is 4.28. The van der Waals surface area contributed by atoms with Crippen molar-refractivity contribution >= 4 is 34.5 Å². The Bertz CT molecular complexity index is 1000. The number of fused-ring (bicyclic) bond motifs is 1. The number of thioether (sulfide) groups is 1. The minimum absolute atomic E-state index is 0.152. The van der Waals surface area contributed by atoms with Crippen molar-refractivity contribution in [3.8, 4) is 5.75 Å². The van der Waals surface area contributed by atoms with Crippen molar-refractivity contribution in [1.82, 2.24) is 25.1 Å². The lowest BCUT2D eigenvalue weighted by Crippen LogP contribution is -2.27. The van der Waals surface area contributed by atoms with Crippen molar-refractivity contribution in [2.75, 3.05) is 24.7 Å². The molecule has 0 aliphatic heterocycles. The van der Waals surface area contributed by atoms with E-state index in [0.717, 1.165) is 34.2 Å². The van der Waals surface area contributed by atoms with Crippen molar-refractivity contribution in [1.29, 1.82) is 0 Å². The Morgan fingerprint density at radius 1 is 1.30 bits per heavy atom. The number of hydrogen-bond donors (Lipinski definition) is 2. The van der Waals surface area contributed by atoms with Gasteiger partial charge in [0.2, 0.25) is 0 Å². The van der Waals surface area contributed by atoms with Crippen molar-refractivity contribution in [3.05, 3.63) is 36.0 Å². The molecule has 0 bridgehead atoms. The number of carbonyl (C=O) groups is 1. The number of anilines is 1. The average Bonchev–Trinajstić information content (AvgIpc) is 3.15. The van der Waals surface area contributed by atoms with Crippen molar-refractivity contribution < 1.29 is 9.53 Å². The van der Waals surface area contributed by atoms with Crippen molar-refractivity contribution in [2.24, 2.45) is 0 Å². The summed E-state index contributed by atoms with van der Waals surface area (Å²) in [5, 5.41) is 12.4. The van der Waals surface area contributed by atoms with Gasteiger partial charge in [0.05, 0.1) is 25.2 Å². The van der Waals surface area contributed by atoms with E-state index in [9.17, 15) is 4.79 Å². The highest BCUT2D eigenvalue weighted by atomic mass is 32.2. The fourth-order valence-corrected chi connectivity index (χ4v) is 3.58. The molecule has 2 heterocycles. The quantitative estimate of drug-likeness (QED) is 0.376. The molecule has 160 valence electrons. The summed E-state index contributed by atoms with van der Waals surface area (Å²) in [6.07, 6.45) is 2.83. The molecule has 0 unspecified atom stereocenters. The van der Waals surface area contributed by atoms with Crippen LogP contribution in [0.4, 0.5) is 5.82 Å². The van der Waals surface area contributed by atoms with Gasteiger partial charge in [-0.15, -0.1) is 0 Å². The van der Waals surface area contributed by atoms with Crippen molar-refractivity contribution in [3.63, 3.8) is 0 Å². The van der Waals surface area contributed by atoms with Crippen LogP contribution in [-0.2, 0) is 6.54 Å². The number of carbonyl (C=O) groups excluding carboxylic acids is 1. The zero-order valence-corrected chi connectivity index (χ0v) is 18.6. The Hall–Kier alpha value is -2.81. The summed E-state index contributed by atoms with van der Waals surface area (Å²) in [6.45, 7) is 7.22. The lowest BCUT2D eigenvalue weighted by atomic mass is 10.2. The van der Waals surface area contributed by atoms with E-state index in [1.807, 2.05) is 10.7 Å². The first-order valence-electron chi connectivity index (χ1n) is 10.1. The van der Waals surface area contributed by atoms with Crippen LogP contribution in [0.5, 0.6) is 5.75 Å². The fraction of sp³-hybridized carbons (Fsp3) is 0.429. The first-order chi connectivity index (χ1) is 14.5. The number of nitrogens with zero attached hydrogens (tertiary/aromatic N) is 4. The van der Waals surface area contributed by atoms with Gasteiger partial charge in [-0.25, -0.2) is 14.6 Å². The summed E-state index contributed by atoms with van der Waals surface area (Å²) in [5.41, 5.74) is 1.33. The molecule has 0 radical (unpaired) electrons. The summed E-state index contributed by atoms with van der Waals surface area (Å²) in [7, 11) is 1.58. The molecule has 0 saturated carbocycles. The van der Waals surface area contributed by atoms with Crippen LogP contribution in [0.1, 0.15) is 37.6 Å². The largest absolute Gasteiger partial charge is 0.497 e. The lowest BCUT2D eigenvalue weighted by molar-refractivity contribution is 0.0951. The number of ether oxygens (including phenoxy) is 1. The van der Waals surface area contributed by atoms with Crippen LogP contribution in [0.25, 0.3) is 11.0 Å². The molecule has 3 rings (SSSR count). The monoisotopic (exact) mass is 428 g/mol. The minimum Gasteiger partial charge on any atom is -0.497 e. The number of nitrogens with one attached hydrogen (secondary N) is 2. The van der Waals surface area contributed by atoms with E-state index in [-0.39, 0.29) is 11.9 Å². The summed E-state index contributed by atoms with van der Waals surface area (Å²) < 4.78 is 6.99. The van der Waals surface area contributed by atoms with Gasteiger partial charge in [-0.05, 0) is 38.5 Å². The van der Waals surface area contributed by atoms with Crippen LogP contribution < -0.4 is 15.4 Å². The molecule has 1 amide bonds. The summed E-state index contributed by atoms with van der Waals surface area (Å²) in [5.74, 6) is 2.25. The number of hydrogen-bond acceptors (Lipinski definition) is 7. The molecule has 0 aliphatic carbocycles. The Balaban J connectivity index is 1.74. The molecule has 8 nitrogen and oxygen atoms in total. The maximum Gasteiger partial charge on any atom is 0.251 e. The van der Waals surface area contributed by atoms with Crippen molar-refractivity contribution in [2.45, 2.75) is 44.9 Å². The lowest BCUT2D eigenvalue weighted by Gasteiger charge is -2.12. The summed E-state index contributed by atoms with van der Waals surface area (Å²) in [6, 6.07) is 7.33. The summed E-state index contributed by atoms with van der Waals surface area (Å²) >= 11 is 1.63. The highest BCUT2D eigenvalue weighted by Gasteiger charge is 2.14. The molecule has 0 atom stereocenters. The van der Waals surface area contributed by atoms with E-state index >= 15 is 0 Å². The molecule has 0 spiro atoms. The van der Waals surface area contributed by atoms with Crippen LogP contribution in [0.15, 0.2) is 35.6 Å². The molecule has 30 heavy (non-hydrogen) atoms. The predicted molar refractivity (Wildman–Crippen MR) is 120 cm³/mol. The number of aromatic nitrogens is 4. The topological polar surface area (TPSA) is 94.0 Å². The number of amides is 1. The Kier molecular flexibility index (Phi) is 7.51. The van der Waals surface area contributed by atoms with Gasteiger partial charge >= 0.3 is 0 Å². The van der Waals surface area contributed by atoms with E-state index in [1.165, 1.54) is 0 Å². The maximum absolute atomic E-state index is 12.4. The molecule has 9 heteroatoms. The van der Waals surface area contributed by atoms with Gasteiger partial charge in [-0.3, -0.25) is 4.79 Å². The second-order valence-corrected chi connectivity index (χ2v) is 8.16. The second-order valence-electron chi connectivity index (χ2n) is 7.10. The van der Waals surface area contributed by atoms with Crippen LogP contribution in [0.2, 0.25) is 0 Å². The Morgan fingerprint density at radius 3 is 2.87 bits per heavy atom. The third-order valence-corrected chi connectivity index (χ3v) is 5.33. The van der Waals surface area contributed by atoms with Gasteiger partial charge in [-0.1, -0.05) is 24.8 Å². The smallest absolute Gasteiger partial charge is 0.251 e. The first kappa shape index (κ1) is 21.9. The van der Waals surface area contributed by atoms with Gasteiger partial charge in [0.15, 0.2) is 10.8 Å². The van der Waals surface area contributed by atoms with E-state index in [1.54, 1.807) is 43.3 Å². The highest BCUT2D eigenvalue weighted by Crippen LogP contribution is 2.25. The highest BCUT2D eigenvalue weighted by molar-refractivity contribution is 7.99. The molecular formula is C21H28N6O2S. The summed E-state index contributed by atoms with van der Waals surface area (Å²) in [4.78, 5) is 21.8. The van der Waals surface area contributed by atoms with Crippen LogP contribution in [0, 0.1) is 0 Å². The molecule has 0 saturated heterocycles. The molecule has 0 fully saturated rings. The van der Waals surface area contributed by atoms with Gasteiger partial charge < -0.3 is 15.4 Å². The van der Waals surface area contributed by atoms with E-state index in [2.05, 4.69) is 41.5 Å². The molecule has 2 aromatic heterocycles. The third kappa shape index (κ3) is 5.41. The predicted octanol–water partition coefficient (Wildman–Crippen LogP) is 3.59. The maximum atomic E-state index is 12.4. The van der Waals surface area contributed by atoms with E-state index in [4.69, 9.17) is 9.72 Å². The van der Waals surface area contributed by atoms with Gasteiger partial charge in [-0.2, -0.15) is 5.10 Å². The molecule has 3 aromatic rings. The standard InChI is InChI=1S/C21H28N6O2S/c1-5-11-30-21-25-18(24-14(2)3)17-13-23-27(19(17)26-21)10-9-22-20(28)15-7-6-8-16(12-15)29-4/h6-8,12-14H,5,9-11H2,1-4H3,(H,22,28)(H,24,25,26). The fourth-order valence-electron chi connectivity index (χ4n) is 2.88. The van der Waals surface area contributed by atoms with Crippen LogP contribution in [-0.4, -0.2) is 51.1 Å². The van der Waals surface area contributed by atoms with Crippen LogP contribution in [0.3, 0.4) is 0 Å². The van der Waals surface area contributed by atoms with Gasteiger partial charge in [0, 0.05) is 23.9 Å².